The van der Waals surface area contributed by atoms with E-state index in [0.29, 0.717) is 19.1 Å². The standard InChI is InChI=1S/C20H34N4O2/c1-3-21-20(22-11-4-14-26-2)23-15-17-5-7-19(8-6-17)24-12-9-18(16-25)10-13-24/h5-8,18,25H,3-4,9-16H2,1-2H3,(H2,21,22,23). The van der Waals surface area contributed by atoms with E-state index in [9.17, 15) is 5.11 Å². The van der Waals surface area contributed by atoms with Crippen molar-refractivity contribution in [3.05, 3.63) is 29.8 Å². The minimum Gasteiger partial charge on any atom is -0.396 e. The van der Waals surface area contributed by atoms with Crippen molar-refractivity contribution in [1.82, 2.24) is 10.6 Å². The molecule has 1 fully saturated rings. The second-order valence-electron chi connectivity index (χ2n) is 6.75. The average Bonchev–Trinajstić information content (AvgIpc) is 2.70. The van der Waals surface area contributed by atoms with Crippen LogP contribution in [0.4, 0.5) is 5.69 Å². The molecule has 0 radical (unpaired) electrons. The smallest absolute Gasteiger partial charge is 0.191 e. The molecule has 2 rings (SSSR count). The molecule has 1 aliphatic rings. The molecule has 146 valence electrons. The first-order chi connectivity index (χ1) is 12.8. The predicted octanol–water partition coefficient (Wildman–Crippen LogP) is 1.99. The van der Waals surface area contributed by atoms with Gasteiger partial charge in [0.2, 0.25) is 0 Å². The third-order valence-corrected chi connectivity index (χ3v) is 4.76. The van der Waals surface area contributed by atoms with Gasteiger partial charge in [-0.25, -0.2) is 4.99 Å². The second kappa shape index (κ2) is 11.8. The van der Waals surface area contributed by atoms with Crippen molar-refractivity contribution in [2.75, 3.05) is 51.4 Å². The molecule has 3 N–H and O–H groups in total. The lowest BCUT2D eigenvalue weighted by Gasteiger charge is -2.32. The number of ether oxygens (including phenoxy) is 1. The highest BCUT2D eigenvalue weighted by atomic mass is 16.5. The number of hydrogen-bond acceptors (Lipinski definition) is 4. The van der Waals surface area contributed by atoms with Crippen molar-refractivity contribution in [1.29, 1.82) is 0 Å². The molecule has 0 bridgehead atoms. The molecular weight excluding hydrogens is 328 g/mol. The number of guanidine groups is 1. The molecule has 26 heavy (non-hydrogen) atoms. The molecule has 0 atom stereocenters. The SMILES string of the molecule is CCNC(=NCc1ccc(N2CCC(CO)CC2)cc1)NCCCOC. The van der Waals surface area contributed by atoms with Crippen molar-refractivity contribution >= 4 is 11.6 Å². The van der Waals surface area contributed by atoms with Gasteiger partial charge in [0.05, 0.1) is 6.54 Å². The Morgan fingerprint density at radius 2 is 1.96 bits per heavy atom. The summed E-state index contributed by atoms with van der Waals surface area (Å²) in [7, 11) is 1.72. The molecule has 1 aliphatic heterocycles. The zero-order chi connectivity index (χ0) is 18.6. The number of aliphatic hydroxyl groups is 1. The molecule has 0 spiro atoms. The maximum Gasteiger partial charge on any atom is 0.191 e. The molecular formula is C20H34N4O2. The van der Waals surface area contributed by atoms with Crippen molar-refractivity contribution in [3.8, 4) is 0 Å². The van der Waals surface area contributed by atoms with Crippen LogP contribution in [0, 0.1) is 5.92 Å². The Bertz CT molecular complexity index is 525. The fraction of sp³-hybridized carbons (Fsp3) is 0.650. The van der Waals surface area contributed by atoms with Gasteiger partial charge in [-0.15, -0.1) is 0 Å². The molecule has 0 aliphatic carbocycles. The summed E-state index contributed by atoms with van der Waals surface area (Å²) in [4.78, 5) is 7.06. The summed E-state index contributed by atoms with van der Waals surface area (Å²) in [5.41, 5.74) is 2.46. The van der Waals surface area contributed by atoms with Crippen molar-refractivity contribution in [2.24, 2.45) is 10.9 Å². The van der Waals surface area contributed by atoms with Gasteiger partial charge in [0, 0.05) is 52.2 Å². The zero-order valence-corrected chi connectivity index (χ0v) is 16.2. The predicted molar refractivity (Wildman–Crippen MR) is 108 cm³/mol. The van der Waals surface area contributed by atoms with E-state index in [4.69, 9.17) is 4.74 Å². The van der Waals surface area contributed by atoms with Gasteiger partial charge in [-0.2, -0.15) is 0 Å². The maximum atomic E-state index is 9.26. The number of aliphatic hydroxyl groups excluding tert-OH is 1. The van der Waals surface area contributed by atoms with Crippen LogP contribution in [0.1, 0.15) is 31.7 Å². The Labute approximate surface area is 157 Å². The molecule has 6 nitrogen and oxygen atoms in total. The number of aliphatic imine (C=N–C) groups is 1. The molecule has 1 aromatic carbocycles. The van der Waals surface area contributed by atoms with E-state index in [0.717, 1.165) is 58.0 Å². The lowest BCUT2D eigenvalue weighted by atomic mass is 9.97. The second-order valence-corrected chi connectivity index (χ2v) is 6.75. The minimum absolute atomic E-state index is 0.318. The first kappa shape index (κ1) is 20.5. The van der Waals surface area contributed by atoms with Gasteiger partial charge in [0.1, 0.15) is 0 Å². The summed E-state index contributed by atoms with van der Waals surface area (Å²) >= 11 is 0. The van der Waals surface area contributed by atoms with Crippen LogP contribution in [0.25, 0.3) is 0 Å². The van der Waals surface area contributed by atoms with Crippen LogP contribution < -0.4 is 15.5 Å². The molecule has 0 unspecified atom stereocenters. The summed E-state index contributed by atoms with van der Waals surface area (Å²) in [5, 5.41) is 15.9. The fourth-order valence-electron chi connectivity index (χ4n) is 3.12. The summed E-state index contributed by atoms with van der Waals surface area (Å²) in [6, 6.07) is 8.68. The molecule has 6 heteroatoms. The van der Waals surface area contributed by atoms with E-state index >= 15 is 0 Å². The average molecular weight is 363 g/mol. The number of nitrogens with one attached hydrogen (secondary N) is 2. The first-order valence-electron chi connectivity index (χ1n) is 9.72. The lowest BCUT2D eigenvalue weighted by Crippen LogP contribution is -2.38. The molecule has 0 saturated carbocycles. The summed E-state index contributed by atoms with van der Waals surface area (Å²) in [6.45, 7) is 7.55. The lowest BCUT2D eigenvalue weighted by molar-refractivity contribution is 0.195. The van der Waals surface area contributed by atoms with Crippen LogP contribution in [-0.4, -0.2) is 57.6 Å². The zero-order valence-electron chi connectivity index (χ0n) is 16.2. The van der Waals surface area contributed by atoms with E-state index < -0.39 is 0 Å². The largest absolute Gasteiger partial charge is 0.396 e. The Balaban J connectivity index is 1.84. The van der Waals surface area contributed by atoms with Crippen LogP contribution in [0.15, 0.2) is 29.3 Å². The number of methoxy groups -OCH3 is 1. The maximum absolute atomic E-state index is 9.26. The molecule has 1 heterocycles. The number of anilines is 1. The third kappa shape index (κ3) is 6.84. The van der Waals surface area contributed by atoms with Crippen LogP contribution in [0.5, 0.6) is 0 Å². The fourth-order valence-corrected chi connectivity index (χ4v) is 3.12. The van der Waals surface area contributed by atoms with Crippen LogP contribution in [-0.2, 0) is 11.3 Å². The van der Waals surface area contributed by atoms with Crippen LogP contribution in [0.3, 0.4) is 0 Å². The minimum atomic E-state index is 0.318. The van der Waals surface area contributed by atoms with E-state index in [1.807, 2.05) is 0 Å². The molecule has 0 amide bonds. The number of benzene rings is 1. The molecule has 1 saturated heterocycles. The summed E-state index contributed by atoms with van der Waals surface area (Å²) in [5.74, 6) is 1.32. The van der Waals surface area contributed by atoms with Gasteiger partial charge in [-0.1, -0.05) is 12.1 Å². The van der Waals surface area contributed by atoms with E-state index in [-0.39, 0.29) is 0 Å². The Morgan fingerprint density at radius 3 is 2.58 bits per heavy atom. The van der Waals surface area contributed by atoms with Crippen LogP contribution in [0.2, 0.25) is 0 Å². The van der Waals surface area contributed by atoms with E-state index in [1.165, 1.54) is 11.3 Å². The van der Waals surface area contributed by atoms with Gasteiger partial charge < -0.3 is 25.4 Å². The number of hydrogen-bond donors (Lipinski definition) is 3. The third-order valence-electron chi connectivity index (χ3n) is 4.76. The topological polar surface area (TPSA) is 69.1 Å². The van der Waals surface area contributed by atoms with Crippen molar-refractivity contribution in [2.45, 2.75) is 32.7 Å². The molecule has 0 aromatic heterocycles. The Kier molecular flexibility index (Phi) is 9.28. The highest BCUT2D eigenvalue weighted by molar-refractivity contribution is 5.79. The van der Waals surface area contributed by atoms with Crippen molar-refractivity contribution < 1.29 is 9.84 Å². The van der Waals surface area contributed by atoms with Crippen molar-refractivity contribution in [3.63, 3.8) is 0 Å². The van der Waals surface area contributed by atoms with E-state index in [2.05, 4.69) is 51.7 Å². The van der Waals surface area contributed by atoms with Gasteiger partial charge in [0.25, 0.3) is 0 Å². The van der Waals surface area contributed by atoms with Gasteiger partial charge in [-0.05, 0) is 49.8 Å². The summed E-state index contributed by atoms with van der Waals surface area (Å²) in [6.07, 6.45) is 3.11. The summed E-state index contributed by atoms with van der Waals surface area (Å²) < 4.78 is 5.07. The highest BCUT2D eigenvalue weighted by Crippen LogP contribution is 2.23. The van der Waals surface area contributed by atoms with Gasteiger partial charge >= 0.3 is 0 Å². The normalized spacial score (nSPS) is 16.0. The number of rotatable bonds is 9. The Hall–Kier alpha value is -1.79. The highest BCUT2D eigenvalue weighted by Gasteiger charge is 2.18. The monoisotopic (exact) mass is 362 g/mol. The Morgan fingerprint density at radius 1 is 1.23 bits per heavy atom. The molecule has 1 aromatic rings. The first-order valence-corrected chi connectivity index (χ1v) is 9.72. The van der Waals surface area contributed by atoms with Crippen LogP contribution >= 0.6 is 0 Å². The number of nitrogens with zero attached hydrogens (tertiary/aromatic N) is 2. The van der Waals surface area contributed by atoms with E-state index in [1.54, 1.807) is 7.11 Å². The van der Waals surface area contributed by atoms with Gasteiger partial charge in [0.15, 0.2) is 5.96 Å². The van der Waals surface area contributed by atoms with Gasteiger partial charge in [-0.3, -0.25) is 0 Å². The number of piperidine rings is 1. The quantitative estimate of drug-likeness (QED) is 0.356.